The van der Waals surface area contributed by atoms with Crippen molar-refractivity contribution in [2.45, 2.75) is 51.0 Å². The van der Waals surface area contributed by atoms with Gasteiger partial charge in [-0.1, -0.05) is 18.2 Å². The van der Waals surface area contributed by atoms with E-state index in [-0.39, 0.29) is 6.04 Å². The number of rotatable bonds is 5. The fraction of sp³-hybridized carbons (Fsp3) is 0.400. The molecule has 0 aliphatic heterocycles. The van der Waals surface area contributed by atoms with Gasteiger partial charge in [-0.3, -0.25) is 0 Å². The molecular weight excluding hydrogens is 334 g/mol. The molecule has 1 unspecified atom stereocenters. The molecule has 0 radical (unpaired) electrons. The van der Waals surface area contributed by atoms with Crippen molar-refractivity contribution in [1.29, 1.82) is 0 Å². The minimum absolute atomic E-state index is 0.280. The van der Waals surface area contributed by atoms with Crippen LogP contribution in [0.25, 0.3) is 0 Å². The number of hydrogen-bond donors (Lipinski definition) is 1. The van der Waals surface area contributed by atoms with Crippen LogP contribution in [0.3, 0.4) is 0 Å². The van der Waals surface area contributed by atoms with Crippen LogP contribution < -0.4 is 9.46 Å². The molecule has 1 atom stereocenters. The smallest absolute Gasteiger partial charge is 0.241 e. The summed E-state index contributed by atoms with van der Waals surface area (Å²) in [4.78, 5) is 0.304. The molecule has 0 aromatic heterocycles. The molecule has 5 heteroatoms. The first kappa shape index (κ1) is 18.0. The number of fused-ring (bicyclic) bond motifs is 1. The van der Waals surface area contributed by atoms with Gasteiger partial charge in [0.25, 0.3) is 0 Å². The first-order chi connectivity index (χ1) is 11.8. The van der Waals surface area contributed by atoms with E-state index in [4.69, 9.17) is 4.74 Å². The number of aryl methyl sites for hydroxylation is 2. The minimum Gasteiger partial charge on any atom is -0.496 e. The van der Waals surface area contributed by atoms with E-state index in [1.165, 1.54) is 17.5 Å². The maximum atomic E-state index is 12.9. The van der Waals surface area contributed by atoms with Crippen molar-refractivity contribution < 1.29 is 13.2 Å². The zero-order valence-electron chi connectivity index (χ0n) is 15.2. The summed E-state index contributed by atoms with van der Waals surface area (Å²) in [6.45, 7) is 5.57. The number of ether oxygens (including phenoxy) is 1. The van der Waals surface area contributed by atoms with Crippen molar-refractivity contribution in [3.8, 4) is 5.75 Å². The zero-order chi connectivity index (χ0) is 18.2. The Morgan fingerprint density at radius 3 is 2.48 bits per heavy atom. The molecule has 25 heavy (non-hydrogen) atoms. The van der Waals surface area contributed by atoms with E-state index in [0.717, 1.165) is 24.0 Å². The second kappa shape index (κ2) is 6.81. The fourth-order valence-electron chi connectivity index (χ4n) is 3.51. The third kappa shape index (κ3) is 3.44. The molecule has 0 saturated heterocycles. The Kier molecular flexibility index (Phi) is 4.89. The van der Waals surface area contributed by atoms with Gasteiger partial charge in [-0.25, -0.2) is 13.1 Å². The summed E-state index contributed by atoms with van der Waals surface area (Å²) in [5.74, 6) is 0.697. The van der Waals surface area contributed by atoms with Crippen molar-refractivity contribution >= 4 is 10.0 Å². The normalized spacial score (nSPS) is 15.0. The predicted molar refractivity (Wildman–Crippen MR) is 99.7 cm³/mol. The lowest BCUT2D eigenvalue weighted by atomic mass is 10.0. The van der Waals surface area contributed by atoms with Crippen molar-refractivity contribution in [2.24, 2.45) is 0 Å². The van der Waals surface area contributed by atoms with Gasteiger partial charge in [0, 0.05) is 6.04 Å². The lowest BCUT2D eigenvalue weighted by Gasteiger charge is -2.18. The van der Waals surface area contributed by atoms with Crippen molar-refractivity contribution in [3.05, 3.63) is 58.1 Å². The highest BCUT2D eigenvalue weighted by atomic mass is 32.2. The molecule has 1 N–H and O–H groups in total. The molecule has 2 aromatic rings. The Bertz CT molecular complexity index is 903. The number of benzene rings is 2. The van der Waals surface area contributed by atoms with Crippen LogP contribution in [0.5, 0.6) is 5.75 Å². The molecule has 1 aliphatic rings. The highest BCUT2D eigenvalue weighted by Gasteiger charge is 2.23. The van der Waals surface area contributed by atoms with Crippen LogP contribution in [0.1, 0.15) is 47.2 Å². The van der Waals surface area contributed by atoms with E-state index in [9.17, 15) is 8.42 Å². The van der Waals surface area contributed by atoms with Crippen molar-refractivity contribution in [2.75, 3.05) is 7.11 Å². The molecule has 4 nitrogen and oxygen atoms in total. The Balaban J connectivity index is 1.87. The van der Waals surface area contributed by atoms with Gasteiger partial charge in [-0.2, -0.15) is 0 Å². The standard InChI is InChI=1S/C20H25NO3S/c1-13-14(2)20(11-10-19(13)24-4)25(22,23)21-15(3)17-9-8-16-6-5-7-18(16)12-17/h8-12,15,21H,5-7H2,1-4H3. The summed E-state index contributed by atoms with van der Waals surface area (Å²) in [5, 5.41) is 0. The molecule has 1 aliphatic carbocycles. The number of hydrogen-bond acceptors (Lipinski definition) is 3. The number of nitrogens with one attached hydrogen (secondary N) is 1. The average molecular weight is 359 g/mol. The molecule has 0 fully saturated rings. The van der Waals surface area contributed by atoms with Gasteiger partial charge < -0.3 is 4.74 Å². The van der Waals surface area contributed by atoms with Crippen LogP contribution in [0, 0.1) is 13.8 Å². The average Bonchev–Trinajstić information content (AvgIpc) is 3.04. The monoisotopic (exact) mass is 359 g/mol. The number of methoxy groups -OCH3 is 1. The van der Waals surface area contributed by atoms with Crippen LogP contribution in [-0.2, 0) is 22.9 Å². The van der Waals surface area contributed by atoms with Gasteiger partial charge in [0.15, 0.2) is 0 Å². The zero-order valence-corrected chi connectivity index (χ0v) is 16.0. The summed E-state index contributed by atoms with van der Waals surface area (Å²) >= 11 is 0. The molecule has 0 spiro atoms. The minimum atomic E-state index is -3.61. The molecule has 0 amide bonds. The summed E-state index contributed by atoms with van der Waals surface area (Å²) in [6.07, 6.45) is 3.39. The highest BCUT2D eigenvalue weighted by Crippen LogP contribution is 2.29. The van der Waals surface area contributed by atoms with E-state index in [0.29, 0.717) is 16.2 Å². The molecule has 2 aromatic carbocycles. The first-order valence-corrected chi connectivity index (χ1v) is 10.1. The molecule has 0 bridgehead atoms. The molecular formula is C20H25NO3S. The number of sulfonamides is 1. The highest BCUT2D eigenvalue weighted by molar-refractivity contribution is 7.89. The second-order valence-electron chi connectivity index (χ2n) is 6.74. The van der Waals surface area contributed by atoms with E-state index in [2.05, 4.69) is 16.9 Å². The van der Waals surface area contributed by atoms with Gasteiger partial charge >= 0.3 is 0 Å². The fourth-order valence-corrected chi connectivity index (χ4v) is 5.04. The Hall–Kier alpha value is -1.85. The topological polar surface area (TPSA) is 55.4 Å². The van der Waals surface area contributed by atoms with E-state index < -0.39 is 10.0 Å². The lowest BCUT2D eigenvalue weighted by Crippen LogP contribution is -2.27. The molecule has 134 valence electrons. The van der Waals surface area contributed by atoms with Crippen LogP contribution in [0.2, 0.25) is 0 Å². The van der Waals surface area contributed by atoms with Gasteiger partial charge in [0.05, 0.1) is 12.0 Å². The third-order valence-corrected chi connectivity index (χ3v) is 6.84. The van der Waals surface area contributed by atoms with Crippen LogP contribution in [0.15, 0.2) is 35.2 Å². The maximum Gasteiger partial charge on any atom is 0.241 e. The van der Waals surface area contributed by atoms with Gasteiger partial charge in [0.2, 0.25) is 10.0 Å². The summed E-state index contributed by atoms with van der Waals surface area (Å²) in [7, 11) is -2.02. The third-order valence-electron chi connectivity index (χ3n) is 5.15. The molecule has 0 saturated carbocycles. The molecule has 3 rings (SSSR count). The summed E-state index contributed by atoms with van der Waals surface area (Å²) < 4.78 is 33.8. The SMILES string of the molecule is COc1ccc(S(=O)(=O)NC(C)c2ccc3c(c2)CCC3)c(C)c1C. The van der Waals surface area contributed by atoms with Gasteiger partial charge in [0.1, 0.15) is 5.75 Å². The van der Waals surface area contributed by atoms with E-state index in [1.54, 1.807) is 19.2 Å². The lowest BCUT2D eigenvalue weighted by molar-refractivity contribution is 0.410. The first-order valence-electron chi connectivity index (χ1n) is 8.61. The Labute approximate surface area is 150 Å². The second-order valence-corrected chi connectivity index (χ2v) is 8.42. The van der Waals surface area contributed by atoms with E-state index in [1.807, 2.05) is 26.8 Å². The summed E-state index contributed by atoms with van der Waals surface area (Å²) in [5.41, 5.74) is 5.30. The van der Waals surface area contributed by atoms with E-state index >= 15 is 0 Å². The Morgan fingerprint density at radius 2 is 1.76 bits per heavy atom. The van der Waals surface area contributed by atoms with Gasteiger partial charge in [-0.15, -0.1) is 0 Å². The summed E-state index contributed by atoms with van der Waals surface area (Å²) in [6, 6.07) is 9.34. The largest absolute Gasteiger partial charge is 0.496 e. The Morgan fingerprint density at radius 1 is 1.04 bits per heavy atom. The predicted octanol–water partition coefficient (Wildman–Crippen LogP) is 3.84. The molecule has 0 heterocycles. The maximum absolute atomic E-state index is 12.9. The van der Waals surface area contributed by atoms with Crippen LogP contribution in [0.4, 0.5) is 0 Å². The van der Waals surface area contributed by atoms with Crippen LogP contribution in [-0.4, -0.2) is 15.5 Å². The van der Waals surface area contributed by atoms with Crippen molar-refractivity contribution in [1.82, 2.24) is 4.72 Å². The van der Waals surface area contributed by atoms with Gasteiger partial charge in [-0.05, 0) is 80.0 Å². The quantitative estimate of drug-likeness (QED) is 0.882. The van der Waals surface area contributed by atoms with Crippen LogP contribution >= 0.6 is 0 Å². The van der Waals surface area contributed by atoms with Crippen molar-refractivity contribution in [3.63, 3.8) is 0 Å².